The third-order valence-electron chi connectivity index (χ3n) is 3.61. The Hall–Kier alpha value is -1.89. The van der Waals surface area contributed by atoms with Crippen LogP contribution < -0.4 is 0 Å². The molecule has 0 aliphatic heterocycles. The molecule has 2 aromatic carbocycles. The molecule has 2 rings (SSSR count). The van der Waals surface area contributed by atoms with Gasteiger partial charge in [-0.05, 0) is 42.0 Å². The molecule has 0 atom stereocenters. The first-order chi connectivity index (χ1) is 9.27. The fourth-order valence-corrected chi connectivity index (χ4v) is 2.44. The smallest absolute Gasteiger partial charge is 0.150 e. The summed E-state index contributed by atoms with van der Waals surface area (Å²) in [7, 11) is 0. The summed E-state index contributed by atoms with van der Waals surface area (Å²) in [6.07, 6.45) is 4.43. The average molecular weight is 252 g/mol. The largest absolute Gasteiger partial charge is 0.298 e. The monoisotopic (exact) mass is 252 g/mol. The van der Waals surface area contributed by atoms with Crippen molar-refractivity contribution in [2.45, 2.75) is 33.1 Å². The molecule has 0 aliphatic carbocycles. The Morgan fingerprint density at radius 1 is 1.00 bits per heavy atom. The molecule has 0 aliphatic rings. The van der Waals surface area contributed by atoms with Gasteiger partial charge in [0.2, 0.25) is 0 Å². The Balaban J connectivity index is 2.49. The lowest BCUT2D eigenvalue weighted by atomic mass is 9.92. The number of aldehydes is 1. The van der Waals surface area contributed by atoms with Gasteiger partial charge in [-0.2, -0.15) is 0 Å². The van der Waals surface area contributed by atoms with E-state index in [1.54, 1.807) is 0 Å². The molecule has 0 N–H and O–H groups in total. The standard InChI is InChI=1S/C18H20O/c1-3-4-8-15-9-5-6-11-18(15)17-12-7-10-16(13-19)14(17)2/h5-7,9-13H,3-4,8H2,1-2H3. The van der Waals surface area contributed by atoms with Gasteiger partial charge < -0.3 is 0 Å². The first kappa shape index (κ1) is 13.5. The zero-order valence-electron chi connectivity index (χ0n) is 11.6. The van der Waals surface area contributed by atoms with Crippen LogP contribution in [0.5, 0.6) is 0 Å². The van der Waals surface area contributed by atoms with Gasteiger partial charge in [0.1, 0.15) is 6.29 Å². The predicted molar refractivity (Wildman–Crippen MR) is 80.6 cm³/mol. The van der Waals surface area contributed by atoms with Crippen molar-refractivity contribution in [2.24, 2.45) is 0 Å². The summed E-state index contributed by atoms with van der Waals surface area (Å²) in [6.45, 7) is 4.23. The van der Waals surface area contributed by atoms with Gasteiger partial charge in [-0.25, -0.2) is 0 Å². The van der Waals surface area contributed by atoms with E-state index in [1.807, 2.05) is 19.1 Å². The normalized spacial score (nSPS) is 10.4. The number of unbranched alkanes of at least 4 members (excludes halogenated alkanes) is 1. The van der Waals surface area contributed by atoms with Crippen LogP contribution in [0, 0.1) is 6.92 Å². The van der Waals surface area contributed by atoms with E-state index in [0.717, 1.165) is 23.8 Å². The minimum Gasteiger partial charge on any atom is -0.298 e. The maximum Gasteiger partial charge on any atom is 0.150 e. The molecule has 98 valence electrons. The van der Waals surface area contributed by atoms with Crippen LogP contribution in [0.4, 0.5) is 0 Å². The maximum atomic E-state index is 11.1. The van der Waals surface area contributed by atoms with Crippen molar-refractivity contribution in [1.82, 2.24) is 0 Å². The topological polar surface area (TPSA) is 17.1 Å². The zero-order valence-corrected chi connectivity index (χ0v) is 11.6. The Morgan fingerprint density at radius 3 is 2.47 bits per heavy atom. The van der Waals surface area contributed by atoms with Gasteiger partial charge in [0, 0.05) is 5.56 Å². The van der Waals surface area contributed by atoms with E-state index in [4.69, 9.17) is 0 Å². The van der Waals surface area contributed by atoms with Crippen LogP contribution in [0.3, 0.4) is 0 Å². The second-order valence-electron chi connectivity index (χ2n) is 4.90. The number of carbonyl (C=O) groups excluding carboxylic acids is 1. The SMILES string of the molecule is CCCCc1ccccc1-c1cccc(C=O)c1C. The fraction of sp³-hybridized carbons (Fsp3) is 0.278. The second-order valence-corrected chi connectivity index (χ2v) is 4.90. The van der Waals surface area contributed by atoms with E-state index >= 15 is 0 Å². The lowest BCUT2D eigenvalue weighted by molar-refractivity contribution is 0.112. The fourth-order valence-electron chi connectivity index (χ4n) is 2.44. The summed E-state index contributed by atoms with van der Waals surface area (Å²) in [4.78, 5) is 11.1. The van der Waals surface area contributed by atoms with Gasteiger partial charge in [0.05, 0.1) is 0 Å². The summed E-state index contributed by atoms with van der Waals surface area (Å²) in [5, 5.41) is 0. The minimum atomic E-state index is 0.780. The zero-order chi connectivity index (χ0) is 13.7. The van der Waals surface area contributed by atoms with Crippen LogP contribution in [0.15, 0.2) is 42.5 Å². The van der Waals surface area contributed by atoms with E-state index in [1.165, 1.54) is 29.5 Å². The first-order valence-corrected chi connectivity index (χ1v) is 6.91. The molecule has 19 heavy (non-hydrogen) atoms. The van der Waals surface area contributed by atoms with Crippen molar-refractivity contribution in [1.29, 1.82) is 0 Å². The van der Waals surface area contributed by atoms with Gasteiger partial charge in [-0.1, -0.05) is 55.8 Å². The van der Waals surface area contributed by atoms with Crippen molar-refractivity contribution in [3.05, 3.63) is 59.2 Å². The van der Waals surface area contributed by atoms with Crippen molar-refractivity contribution in [2.75, 3.05) is 0 Å². The second kappa shape index (κ2) is 6.33. The Morgan fingerprint density at radius 2 is 1.74 bits per heavy atom. The molecule has 0 fully saturated rings. The van der Waals surface area contributed by atoms with Gasteiger partial charge in [0.25, 0.3) is 0 Å². The molecule has 0 heterocycles. The van der Waals surface area contributed by atoms with Crippen molar-refractivity contribution in [3.8, 4) is 11.1 Å². The number of hydrogen-bond acceptors (Lipinski definition) is 1. The molecule has 0 amide bonds. The first-order valence-electron chi connectivity index (χ1n) is 6.91. The molecule has 0 saturated carbocycles. The van der Waals surface area contributed by atoms with E-state index in [9.17, 15) is 4.79 Å². The summed E-state index contributed by atoms with van der Waals surface area (Å²) in [5.41, 5.74) is 5.66. The van der Waals surface area contributed by atoms with Crippen LogP contribution >= 0.6 is 0 Å². The number of hydrogen-bond donors (Lipinski definition) is 0. The van der Waals surface area contributed by atoms with E-state index < -0.39 is 0 Å². The van der Waals surface area contributed by atoms with Crippen LogP contribution in [0.25, 0.3) is 11.1 Å². The lowest BCUT2D eigenvalue weighted by Crippen LogP contribution is -1.94. The van der Waals surface area contributed by atoms with E-state index in [2.05, 4.69) is 37.3 Å². The quantitative estimate of drug-likeness (QED) is 0.697. The summed E-state index contributed by atoms with van der Waals surface area (Å²) < 4.78 is 0. The number of carbonyl (C=O) groups is 1. The molecule has 1 heteroatoms. The van der Waals surface area contributed by atoms with E-state index in [-0.39, 0.29) is 0 Å². The van der Waals surface area contributed by atoms with Crippen molar-refractivity contribution < 1.29 is 4.79 Å². The molecule has 0 aromatic heterocycles. The van der Waals surface area contributed by atoms with Gasteiger partial charge in [-0.15, -0.1) is 0 Å². The lowest BCUT2D eigenvalue weighted by Gasteiger charge is -2.13. The summed E-state index contributed by atoms with van der Waals surface area (Å²) in [5.74, 6) is 0. The Labute approximate surface area is 115 Å². The van der Waals surface area contributed by atoms with Crippen molar-refractivity contribution in [3.63, 3.8) is 0 Å². The summed E-state index contributed by atoms with van der Waals surface area (Å²) >= 11 is 0. The highest BCUT2D eigenvalue weighted by Gasteiger charge is 2.09. The predicted octanol–water partition coefficient (Wildman–Crippen LogP) is 4.82. The molecule has 0 saturated heterocycles. The van der Waals surface area contributed by atoms with Crippen LogP contribution in [-0.4, -0.2) is 6.29 Å². The average Bonchev–Trinajstić information content (AvgIpc) is 2.46. The Kier molecular flexibility index (Phi) is 4.51. The van der Waals surface area contributed by atoms with Crippen LogP contribution in [0.1, 0.15) is 41.3 Å². The highest BCUT2D eigenvalue weighted by Crippen LogP contribution is 2.29. The van der Waals surface area contributed by atoms with Crippen LogP contribution in [0.2, 0.25) is 0 Å². The third kappa shape index (κ3) is 2.93. The molecular weight excluding hydrogens is 232 g/mol. The highest BCUT2D eigenvalue weighted by molar-refractivity contribution is 5.83. The maximum absolute atomic E-state index is 11.1. The molecule has 0 unspecified atom stereocenters. The Bertz CT molecular complexity index is 570. The van der Waals surface area contributed by atoms with Crippen molar-refractivity contribution >= 4 is 6.29 Å². The molecule has 2 aromatic rings. The molecule has 0 radical (unpaired) electrons. The molecule has 1 nitrogen and oxygen atoms in total. The molecular formula is C18H20O. The highest BCUT2D eigenvalue weighted by atomic mass is 16.1. The van der Waals surface area contributed by atoms with Gasteiger partial charge in [-0.3, -0.25) is 4.79 Å². The van der Waals surface area contributed by atoms with Crippen LogP contribution in [-0.2, 0) is 6.42 Å². The minimum absolute atomic E-state index is 0.780. The molecule has 0 bridgehead atoms. The number of aryl methyl sites for hydroxylation is 1. The number of benzene rings is 2. The van der Waals surface area contributed by atoms with Gasteiger partial charge in [0.15, 0.2) is 0 Å². The summed E-state index contributed by atoms with van der Waals surface area (Å²) in [6, 6.07) is 14.4. The number of rotatable bonds is 5. The van der Waals surface area contributed by atoms with Gasteiger partial charge >= 0.3 is 0 Å². The van der Waals surface area contributed by atoms with E-state index in [0.29, 0.717) is 0 Å². The molecule has 0 spiro atoms. The third-order valence-corrected chi connectivity index (χ3v) is 3.61.